The van der Waals surface area contributed by atoms with Gasteiger partial charge in [-0.3, -0.25) is 101 Å². The molecule has 0 aliphatic carbocycles. The molecule has 0 saturated carbocycles. The number of hydrogen-bond acceptors (Lipinski definition) is 26. The number of carbonyl (C=O) groups is 21. The molecule has 0 aliphatic heterocycles. The largest absolute Gasteiger partial charge is 0.368 e. The van der Waals surface area contributed by atoms with Crippen LogP contribution >= 0.6 is 23.5 Å². The molecule has 132 heavy (non-hydrogen) atoms. The minimum atomic E-state index is -1.82. The number of unbranched alkanes of at least 4 members (excludes halogenated alkanes) is 3. The van der Waals surface area contributed by atoms with Crippen molar-refractivity contribution >= 4 is 148 Å². The van der Waals surface area contributed by atoms with Gasteiger partial charge in [-0.05, 0) is 287 Å². The van der Waals surface area contributed by atoms with E-state index in [4.69, 9.17) is 22.9 Å². The van der Waals surface area contributed by atoms with Crippen LogP contribution in [0.4, 0.5) is 0 Å². The number of thioether (sulfide) groups is 2. The number of rotatable bonds is 58. The second kappa shape index (κ2) is 52.8. The molecule has 0 fully saturated rings. The summed E-state index contributed by atoms with van der Waals surface area (Å²) in [7, 11) is 0. The topological polar surface area (TPSA) is 703 Å². The molecule has 0 spiro atoms. The predicted octanol–water partition coefficient (Wildman–Crippen LogP) is -4.72. The first kappa shape index (κ1) is 121. The second-order valence-corrected chi connectivity index (χ2v) is 40.2. The third-order valence-electron chi connectivity index (χ3n) is 21.0. The molecule has 0 aromatic rings. The maximum Gasteiger partial charge on any atom is 0.245 e. The smallest absolute Gasteiger partial charge is 0.245 e. The number of carbonyl (C=O) groups excluding carboxylic acids is 21. The Hall–Kier alpha value is -10.5. The molecule has 0 rings (SSSR count). The Morgan fingerprint density at radius 3 is 0.538 bits per heavy atom. The molecule has 0 radical (unpaired) electrons. The molecule has 0 unspecified atom stereocenters. The SMILES string of the molecule is CSCC[C@H](NC(=O)C(C)(C)NC(=O)[C@H](C)NC(=O)C(C)(C)NC(=O)[C@H](CCCCN)NC(=O)C(C)(C)NC(=O)[C@H](C)NC(=O)C(C)(C)NC(=O)[C@H](CCSC)NC(=O)C(C)(C)NC(=O)[C@H](C)NC(=O)C(C)(C)NC(=O)[C@H](CCCCN)NC(=O)C(C)(C)NC(C)=O)C(=O)NC(C)(C)C(=O)N[C@@H](C)C(=O)NC(C)(C)C(=O)N[C@@H](CCCCN)C(=O)NC(C)(C)C(=O)N[C@@H](C)C(N)=O. The van der Waals surface area contributed by atoms with Gasteiger partial charge in [-0.2, -0.15) is 23.5 Å². The zero-order valence-corrected chi connectivity index (χ0v) is 83.9. The normalized spacial score (nSPS) is 14.5. The number of primary amides is 1. The number of amides is 21. The van der Waals surface area contributed by atoms with Gasteiger partial charge < -0.3 is 129 Å². The van der Waals surface area contributed by atoms with Crippen LogP contribution in [0.2, 0.25) is 0 Å². The van der Waals surface area contributed by atoms with E-state index in [9.17, 15) is 101 Å². The lowest BCUT2D eigenvalue weighted by atomic mass is 9.99. The first-order valence-corrected chi connectivity index (χ1v) is 46.7. The first-order valence-electron chi connectivity index (χ1n) is 43.9. The van der Waals surface area contributed by atoms with Crippen molar-refractivity contribution in [2.75, 3.05) is 43.7 Å². The second-order valence-electron chi connectivity index (χ2n) is 38.3. The molecule has 0 heterocycles. The quantitative estimate of drug-likeness (QED) is 0.0254. The standard InChI is InChI=1S/C85H154N24O21S2/c1-45(56(89)111)90-66(121)77(9,10)105-62(117)52(36-30-33-41-87)96-72(127)82(19,20)101-57(112)46(2)93-69(124)80(15,16)108-65(120)55(39-44-132-28)99-75(130)85(25,26)104-60(115)49(5)92-68(123)79(13,14)107-63(118)53(37-31-34-42-88)97-73(128)83(21,22)102-58(113)47(3)94-70(125)81(17,18)109-64(119)54(38-43-131-27)98-74(129)84(23,24)103-59(114)48(4)91-67(122)78(11,12)106-61(116)51(35-29-32-40-86)95-71(126)76(7,8)100-50(6)110/h45-49,51-55H,29-44,86-88H2,1-28H3,(H2,89,111)(H,90,121)(H,91,122)(H,92,123)(H,93,124)(H,94,125)(H,95,126)(H,96,127)(H,97,128)(H,98,129)(H,99,130)(H,100,110)(H,101,112)(H,102,113)(H,103,114)(H,104,115)(H,105,117)(H,106,116)(H,107,118)(H,108,120)(H,109,119)/t45-,46-,47-,48-,49-,51-,52-,53-,54-,55-/m0/s1. The van der Waals surface area contributed by atoms with Crippen molar-refractivity contribution in [2.24, 2.45) is 22.9 Å². The highest BCUT2D eigenvalue weighted by molar-refractivity contribution is 7.98. The average Bonchev–Trinajstić information content (AvgIpc) is 0.828. The Balaban J connectivity index is 6.20. The summed E-state index contributed by atoms with van der Waals surface area (Å²) in [5.41, 5.74) is 5.29. The van der Waals surface area contributed by atoms with Crippen LogP contribution in [0.5, 0.6) is 0 Å². The van der Waals surface area contributed by atoms with Crippen LogP contribution in [0.3, 0.4) is 0 Å². The molecule has 10 atom stereocenters. The summed E-state index contributed by atoms with van der Waals surface area (Å²) in [6, 6.07) is -12.9. The summed E-state index contributed by atoms with van der Waals surface area (Å²) in [5.74, 6) is -16.5. The Labute approximate surface area is 783 Å². The Morgan fingerprint density at radius 2 is 0.379 bits per heavy atom. The maximum atomic E-state index is 14.2. The molecule has 47 heteroatoms. The molecule has 21 amide bonds. The zero-order chi connectivity index (χ0) is 103. The summed E-state index contributed by atoms with van der Waals surface area (Å²) in [6.07, 6.45) is 6.20. The van der Waals surface area contributed by atoms with Gasteiger partial charge in [0.2, 0.25) is 124 Å². The minimum absolute atomic E-state index is 0.0158. The molecule has 752 valence electrons. The number of nitrogens with two attached hydrogens (primary N) is 4. The number of nitrogens with one attached hydrogen (secondary N) is 20. The van der Waals surface area contributed by atoms with E-state index < -0.39 is 240 Å². The third-order valence-corrected chi connectivity index (χ3v) is 22.3. The van der Waals surface area contributed by atoms with E-state index in [0.717, 1.165) is 0 Å². The average molecular weight is 1910 g/mol. The van der Waals surface area contributed by atoms with Crippen molar-refractivity contribution in [3.8, 4) is 0 Å². The molecule has 28 N–H and O–H groups in total. The van der Waals surface area contributed by atoms with E-state index in [1.54, 1.807) is 12.5 Å². The Kier molecular flexibility index (Phi) is 48.6. The minimum Gasteiger partial charge on any atom is -0.368 e. The van der Waals surface area contributed by atoms with E-state index in [-0.39, 0.29) is 51.6 Å². The molecule has 0 bridgehead atoms. The van der Waals surface area contributed by atoms with Gasteiger partial charge in [0.15, 0.2) is 0 Å². The third kappa shape index (κ3) is 40.9. The molecule has 0 saturated heterocycles. The van der Waals surface area contributed by atoms with Crippen LogP contribution in [-0.4, -0.2) is 284 Å². The van der Waals surface area contributed by atoms with Gasteiger partial charge in [0.25, 0.3) is 0 Å². The van der Waals surface area contributed by atoms with Gasteiger partial charge >= 0.3 is 0 Å². The van der Waals surface area contributed by atoms with Gasteiger partial charge in [0.1, 0.15) is 116 Å². The fourth-order valence-electron chi connectivity index (χ4n) is 11.9. The fourth-order valence-corrected chi connectivity index (χ4v) is 12.8. The molecule has 0 aromatic carbocycles. The molecule has 0 aromatic heterocycles. The Morgan fingerprint density at radius 1 is 0.227 bits per heavy atom. The molecule has 45 nitrogen and oxygen atoms in total. The van der Waals surface area contributed by atoms with E-state index in [1.807, 2.05) is 0 Å². The van der Waals surface area contributed by atoms with Crippen molar-refractivity contribution in [1.29, 1.82) is 0 Å². The van der Waals surface area contributed by atoms with Crippen LogP contribution in [-0.2, 0) is 101 Å². The fraction of sp³-hybridized carbons (Fsp3) is 0.753. The predicted molar refractivity (Wildman–Crippen MR) is 499 cm³/mol. The van der Waals surface area contributed by atoms with Gasteiger partial charge in [-0.15, -0.1) is 0 Å². The number of hydrogen-bond donors (Lipinski definition) is 24. The van der Waals surface area contributed by atoms with Crippen molar-refractivity contribution < 1.29 is 101 Å². The van der Waals surface area contributed by atoms with Gasteiger partial charge in [-0.25, -0.2) is 0 Å². The van der Waals surface area contributed by atoms with Crippen LogP contribution < -0.4 is 129 Å². The lowest BCUT2D eigenvalue weighted by molar-refractivity contribution is -0.139. The lowest BCUT2D eigenvalue weighted by Crippen LogP contribution is -2.66. The van der Waals surface area contributed by atoms with Gasteiger partial charge in [-0.1, -0.05) is 0 Å². The summed E-state index contributed by atoms with van der Waals surface area (Å²) >= 11 is 2.66. The highest BCUT2D eigenvalue weighted by Gasteiger charge is 2.46. The molecule has 0 aliphatic rings. The first-order chi connectivity index (χ1) is 60.2. The highest BCUT2D eigenvalue weighted by Crippen LogP contribution is 2.19. The Bertz CT molecular complexity index is 4110. The summed E-state index contributed by atoms with van der Waals surface area (Å²) < 4.78 is 0. The van der Waals surface area contributed by atoms with Crippen LogP contribution in [0.15, 0.2) is 0 Å². The van der Waals surface area contributed by atoms with Gasteiger partial charge in [0, 0.05) is 6.92 Å². The summed E-state index contributed by atoms with van der Waals surface area (Å²) in [6.45, 7) is 35.6. The monoisotopic (exact) mass is 1910 g/mol. The maximum absolute atomic E-state index is 14.2. The van der Waals surface area contributed by atoms with Crippen molar-refractivity contribution in [3.05, 3.63) is 0 Å². The summed E-state index contributed by atoms with van der Waals surface area (Å²) in [4.78, 5) is 286. The van der Waals surface area contributed by atoms with Crippen LogP contribution in [0, 0.1) is 0 Å². The van der Waals surface area contributed by atoms with E-state index in [0.29, 0.717) is 50.2 Å². The zero-order valence-electron chi connectivity index (χ0n) is 82.3. The van der Waals surface area contributed by atoms with E-state index in [2.05, 4.69) is 106 Å². The summed E-state index contributed by atoms with van der Waals surface area (Å²) in [5, 5.41) is 51.3. The van der Waals surface area contributed by atoms with Crippen molar-refractivity contribution in [1.82, 2.24) is 106 Å². The molecular weight excluding hydrogens is 1760 g/mol. The van der Waals surface area contributed by atoms with E-state index >= 15 is 0 Å². The van der Waals surface area contributed by atoms with Crippen molar-refractivity contribution in [2.45, 2.75) is 366 Å². The lowest BCUT2D eigenvalue weighted by Gasteiger charge is -2.33. The van der Waals surface area contributed by atoms with Gasteiger partial charge in [0.05, 0.1) is 0 Å². The van der Waals surface area contributed by atoms with E-state index in [1.165, 1.54) is 204 Å². The van der Waals surface area contributed by atoms with Crippen molar-refractivity contribution in [3.63, 3.8) is 0 Å². The van der Waals surface area contributed by atoms with Crippen LogP contribution in [0.1, 0.15) is 251 Å². The van der Waals surface area contributed by atoms with Crippen LogP contribution in [0.25, 0.3) is 0 Å². The molecular formula is C85H154N24O21S2. The highest BCUT2D eigenvalue weighted by atomic mass is 32.2.